The van der Waals surface area contributed by atoms with Gasteiger partial charge < -0.3 is 15.4 Å². The first kappa shape index (κ1) is 19.3. The molecule has 0 bridgehead atoms. The Kier molecular flexibility index (Phi) is 5.96. The fraction of sp³-hybridized carbons (Fsp3) is 0.611. The summed E-state index contributed by atoms with van der Waals surface area (Å²) in [7, 11) is -3.65. The van der Waals surface area contributed by atoms with Crippen molar-refractivity contribution in [3.63, 3.8) is 0 Å². The monoisotopic (exact) mass is 381 g/mol. The lowest BCUT2D eigenvalue weighted by molar-refractivity contribution is -0.0440. The Morgan fingerprint density at radius 1 is 1.19 bits per heavy atom. The highest BCUT2D eigenvalue weighted by atomic mass is 32.2. The topological polar surface area (TPSA) is 87.7 Å². The molecule has 2 fully saturated rings. The van der Waals surface area contributed by atoms with E-state index in [0.29, 0.717) is 18.7 Å². The second kappa shape index (κ2) is 8.04. The smallest absolute Gasteiger partial charge is 0.251 e. The van der Waals surface area contributed by atoms with Crippen molar-refractivity contribution in [1.82, 2.24) is 14.9 Å². The van der Waals surface area contributed by atoms with E-state index in [4.69, 9.17) is 4.74 Å². The number of hydrogen-bond acceptors (Lipinski definition) is 5. The van der Waals surface area contributed by atoms with E-state index in [0.717, 1.165) is 25.9 Å². The number of ether oxygens (including phenoxy) is 1. The molecule has 3 rings (SSSR count). The van der Waals surface area contributed by atoms with Gasteiger partial charge in [0.1, 0.15) is 0 Å². The van der Waals surface area contributed by atoms with Crippen LogP contribution in [0.3, 0.4) is 0 Å². The fourth-order valence-corrected chi connectivity index (χ4v) is 5.15. The zero-order valence-electron chi connectivity index (χ0n) is 15.3. The lowest BCUT2D eigenvalue weighted by Gasteiger charge is -2.34. The summed E-state index contributed by atoms with van der Waals surface area (Å²) in [5.41, 5.74) is 0.374. The molecule has 26 heavy (non-hydrogen) atoms. The van der Waals surface area contributed by atoms with Gasteiger partial charge in [0.25, 0.3) is 5.91 Å². The molecule has 2 N–H and O–H groups in total. The summed E-state index contributed by atoms with van der Waals surface area (Å²) in [6, 6.07) is 6.42. The number of nitrogens with zero attached hydrogens (tertiary/aromatic N) is 1. The third kappa shape index (κ3) is 4.43. The van der Waals surface area contributed by atoms with Crippen molar-refractivity contribution in [3.05, 3.63) is 29.8 Å². The highest BCUT2D eigenvalue weighted by Gasteiger charge is 2.32. The Morgan fingerprint density at radius 3 is 2.50 bits per heavy atom. The van der Waals surface area contributed by atoms with Crippen LogP contribution in [0.25, 0.3) is 0 Å². The van der Waals surface area contributed by atoms with Crippen molar-refractivity contribution in [2.45, 2.75) is 49.8 Å². The van der Waals surface area contributed by atoms with Crippen LogP contribution in [0.15, 0.2) is 29.2 Å². The van der Waals surface area contributed by atoms with E-state index >= 15 is 0 Å². The lowest BCUT2D eigenvalue weighted by atomic mass is 10.1. The van der Waals surface area contributed by atoms with Crippen LogP contribution in [0, 0.1) is 0 Å². The van der Waals surface area contributed by atoms with E-state index in [1.165, 1.54) is 10.4 Å². The summed E-state index contributed by atoms with van der Waals surface area (Å²) in [4.78, 5) is 12.7. The molecule has 0 aromatic heterocycles. The number of carbonyl (C=O) groups is 1. The van der Waals surface area contributed by atoms with Crippen LogP contribution in [-0.4, -0.2) is 63.1 Å². The summed E-state index contributed by atoms with van der Waals surface area (Å²) in [5, 5.41) is 6.25. The molecular formula is C18H27N3O4S. The van der Waals surface area contributed by atoms with E-state index in [2.05, 4.69) is 10.6 Å². The fourth-order valence-electron chi connectivity index (χ4n) is 3.51. The molecule has 7 nitrogen and oxygen atoms in total. The number of morpholine rings is 1. The van der Waals surface area contributed by atoms with Gasteiger partial charge in [-0.25, -0.2) is 8.42 Å². The molecule has 8 heteroatoms. The van der Waals surface area contributed by atoms with Gasteiger partial charge in [0.05, 0.1) is 17.1 Å². The van der Waals surface area contributed by atoms with Crippen molar-refractivity contribution < 1.29 is 17.9 Å². The van der Waals surface area contributed by atoms with Crippen molar-refractivity contribution in [2.75, 3.05) is 26.2 Å². The van der Waals surface area contributed by atoms with Gasteiger partial charge in [0, 0.05) is 24.7 Å². The molecular weight excluding hydrogens is 354 g/mol. The number of hydrogen-bond donors (Lipinski definition) is 2. The molecule has 2 aliphatic heterocycles. The maximum atomic E-state index is 13.0. The Labute approximate surface area is 155 Å². The normalized spacial score (nSPS) is 25.8. The summed E-state index contributed by atoms with van der Waals surface area (Å²) in [5.74, 6) is -0.224. The summed E-state index contributed by atoms with van der Waals surface area (Å²) < 4.78 is 33.0. The molecule has 144 valence electrons. The van der Waals surface area contributed by atoms with Crippen LogP contribution in [-0.2, 0) is 14.8 Å². The lowest BCUT2D eigenvalue weighted by Crippen LogP contribution is -2.48. The zero-order chi connectivity index (χ0) is 18.7. The van der Waals surface area contributed by atoms with Gasteiger partial charge in [-0.1, -0.05) is 6.07 Å². The van der Waals surface area contributed by atoms with Gasteiger partial charge in [-0.2, -0.15) is 4.31 Å². The van der Waals surface area contributed by atoms with Gasteiger partial charge in [-0.05, 0) is 58.0 Å². The molecule has 1 aromatic carbocycles. The maximum Gasteiger partial charge on any atom is 0.251 e. The van der Waals surface area contributed by atoms with E-state index in [9.17, 15) is 13.2 Å². The van der Waals surface area contributed by atoms with Crippen LogP contribution in [0.1, 0.15) is 37.0 Å². The second-order valence-electron chi connectivity index (χ2n) is 7.10. The zero-order valence-corrected chi connectivity index (χ0v) is 16.1. The summed E-state index contributed by atoms with van der Waals surface area (Å²) in [6.07, 6.45) is 1.46. The first-order valence-corrected chi connectivity index (χ1v) is 10.6. The van der Waals surface area contributed by atoms with E-state index in [1.807, 2.05) is 13.8 Å². The largest absolute Gasteiger partial charge is 0.373 e. The molecule has 0 radical (unpaired) electrons. The number of carbonyl (C=O) groups excluding carboxylic acids is 1. The number of piperidine rings is 1. The molecule has 2 heterocycles. The third-order valence-electron chi connectivity index (χ3n) is 4.79. The second-order valence-corrected chi connectivity index (χ2v) is 9.04. The summed E-state index contributed by atoms with van der Waals surface area (Å²) >= 11 is 0. The molecule has 2 saturated heterocycles. The van der Waals surface area contributed by atoms with Crippen LogP contribution in [0.5, 0.6) is 0 Å². The minimum Gasteiger partial charge on any atom is -0.373 e. The Balaban J connectivity index is 1.76. The molecule has 2 aliphatic rings. The molecule has 2 atom stereocenters. The molecule has 1 aromatic rings. The average Bonchev–Trinajstić information content (AvgIpc) is 2.62. The predicted molar refractivity (Wildman–Crippen MR) is 98.6 cm³/mol. The van der Waals surface area contributed by atoms with E-state index < -0.39 is 10.0 Å². The third-order valence-corrected chi connectivity index (χ3v) is 6.62. The summed E-state index contributed by atoms with van der Waals surface area (Å²) in [6.45, 7) is 6.12. The Morgan fingerprint density at radius 2 is 1.85 bits per heavy atom. The molecule has 2 unspecified atom stereocenters. The minimum absolute atomic E-state index is 0.130. The predicted octanol–water partition coefficient (Wildman–Crippen LogP) is 0.966. The van der Waals surface area contributed by atoms with Crippen molar-refractivity contribution in [2.24, 2.45) is 0 Å². The maximum absolute atomic E-state index is 13.0. The minimum atomic E-state index is -3.65. The molecule has 1 amide bonds. The first-order chi connectivity index (χ1) is 12.4. The van der Waals surface area contributed by atoms with Crippen LogP contribution >= 0.6 is 0 Å². The molecule has 0 aliphatic carbocycles. The quantitative estimate of drug-likeness (QED) is 0.811. The highest BCUT2D eigenvalue weighted by Crippen LogP contribution is 2.22. The van der Waals surface area contributed by atoms with Crippen molar-refractivity contribution >= 4 is 15.9 Å². The number of nitrogens with one attached hydrogen (secondary N) is 2. The Bertz CT molecular complexity index is 737. The van der Waals surface area contributed by atoms with Crippen molar-refractivity contribution in [1.29, 1.82) is 0 Å². The first-order valence-electron chi connectivity index (χ1n) is 9.13. The van der Waals surface area contributed by atoms with Gasteiger partial charge in [0.15, 0.2) is 0 Å². The Hall–Kier alpha value is -1.48. The number of sulfonamides is 1. The van der Waals surface area contributed by atoms with E-state index in [-0.39, 0.29) is 29.1 Å². The van der Waals surface area contributed by atoms with Crippen LogP contribution in [0.2, 0.25) is 0 Å². The van der Waals surface area contributed by atoms with Crippen molar-refractivity contribution in [3.8, 4) is 0 Å². The van der Waals surface area contributed by atoms with E-state index in [1.54, 1.807) is 18.2 Å². The standard InChI is InChI=1S/C18H27N3O4S/c1-13-11-21(12-14(2)25-13)26(23,24)17-5-3-4-15(10-17)18(22)20-16-6-8-19-9-7-16/h3-5,10,13-14,16,19H,6-9,11-12H2,1-2H3,(H,20,22). The van der Waals surface area contributed by atoms with Gasteiger partial charge >= 0.3 is 0 Å². The van der Waals surface area contributed by atoms with Gasteiger partial charge in [-0.3, -0.25) is 4.79 Å². The highest BCUT2D eigenvalue weighted by molar-refractivity contribution is 7.89. The van der Waals surface area contributed by atoms with Gasteiger partial charge in [0.2, 0.25) is 10.0 Å². The number of benzene rings is 1. The van der Waals surface area contributed by atoms with Crippen LogP contribution in [0.4, 0.5) is 0 Å². The number of amides is 1. The SMILES string of the molecule is CC1CN(S(=O)(=O)c2cccc(C(=O)NC3CCNCC3)c2)CC(C)O1. The van der Waals surface area contributed by atoms with Gasteiger partial charge in [-0.15, -0.1) is 0 Å². The average molecular weight is 381 g/mol. The molecule has 0 saturated carbocycles. The number of rotatable bonds is 4. The van der Waals surface area contributed by atoms with Crippen LogP contribution < -0.4 is 10.6 Å². The molecule has 0 spiro atoms.